The molecule has 0 fully saturated rings. The molecule has 0 bridgehead atoms. The van der Waals surface area contributed by atoms with Gasteiger partial charge in [0.1, 0.15) is 0 Å². The quantitative estimate of drug-likeness (QED) is 0.513. The van der Waals surface area contributed by atoms with E-state index in [1.807, 2.05) is 34.6 Å². The Bertz CT molecular complexity index is 195. The number of carbonyl (C=O) groups is 1. The average Bonchev–Trinajstić information content (AvgIpc) is 2.53. The summed E-state index contributed by atoms with van der Waals surface area (Å²) in [6, 6.07) is -0.155. The predicted octanol–water partition coefficient (Wildman–Crippen LogP) is 2.74. The predicted molar refractivity (Wildman–Crippen MR) is 96.3 cm³/mol. The highest BCUT2D eigenvalue weighted by Gasteiger charge is 1.95. The number of likely N-dealkylation sites (N-methyl/N-ethyl adjacent to an activating group) is 1. The van der Waals surface area contributed by atoms with Gasteiger partial charge in [0.05, 0.1) is 26.4 Å². The summed E-state index contributed by atoms with van der Waals surface area (Å²) in [6.45, 7) is 17.3. The SMILES string of the molecule is CC.CC.CCNCCOCCOCCNC(=O)NCC.[HH].[HH].[HH]. The lowest BCUT2D eigenvalue weighted by Gasteiger charge is -2.07. The molecule has 0 atom stereocenters. The molecule has 0 rings (SSSR count). The molecule has 0 unspecified atom stereocenters. The Hall–Kier alpha value is -0.850. The molecule has 0 aromatic rings. The van der Waals surface area contributed by atoms with Gasteiger partial charge in [-0.05, 0) is 13.5 Å². The van der Waals surface area contributed by atoms with Crippen LogP contribution in [0.15, 0.2) is 0 Å². The van der Waals surface area contributed by atoms with Crippen molar-refractivity contribution < 1.29 is 18.5 Å². The van der Waals surface area contributed by atoms with Crippen molar-refractivity contribution in [2.45, 2.75) is 41.5 Å². The number of ether oxygens (including phenoxy) is 2. The molecule has 0 radical (unpaired) electrons. The van der Waals surface area contributed by atoms with E-state index in [0.29, 0.717) is 39.5 Å². The molecule has 3 N–H and O–H groups in total. The van der Waals surface area contributed by atoms with E-state index in [0.717, 1.165) is 13.1 Å². The van der Waals surface area contributed by atoms with Crippen LogP contribution in [0.25, 0.3) is 0 Å². The summed E-state index contributed by atoms with van der Waals surface area (Å²) in [6.07, 6.45) is 0. The van der Waals surface area contributed by atoms with Gasteiger partial charge in [-0.1, -0.05) is 34.6 Å². The highest BCUT2D eigenvalue weighted by atomic mass is 16.5. The molecule has 0 saturated carbocycles. The Morgan fingerprint density at radius 3 is 1.81 bits per heavy atom. The monoisotopic (exact) mass is 313 g/mol. The van der Waals surface area contributed by atoms with Gasteiger partial charge in [0.15, 0.2) is 0 Å². The molecule has 6 nitrogen and oxygen atoms in total. The first kappa shape index (κ1) is 25.1. The number of amides is 2. The molecule has 0 saturated heterocycles. The third-order valence-electron chi connectivity index (χ3n) is 1.91. The van der Waals surface area contributed by atoms with Crippen LogP contribution < -0.4 is 16.0 Å². The first-order chi connectivity index (χ1) is 10.3. The molecule has 0 aliphatic heterocycles. The van der Waals surface area contributed by atoms with Crippen molar-refractivity contribution in [3.05, 3.63) is 0 Å². The third-order valence-corrected chi connectivity index (χ3v) is 1.91. The van der Waals surface area contributed by atoms with Gasteiger partial charge < -0.3 is 25.4 Å². The van der Waals surface area contributed by atoms with Crippen LogP contribution in [0.3, 0.4) is 0 Å². The lowest BCUT2D eigenvalue weighted by Crippen LogP contribution is -2.37. The van der Waals surface area contributed by atoms with Crippen molar-refractivity contribution in [2.24, 2.45) is 0 Å². The van der Waals surface area contributed by atoms with E-state index in [1.54, 1.807) is 0 Å². The Balaban J connectivity index is -0.000000107. The van der Waals surface area contributed by atoms with E-state index in [9.17, 15) is 4.79 Å². The second kappa shape index (κ2) is 27.5. The second-order valence-electron chi connectivity index (χ2n) is 3.36. The highest BCUT2D eigenvalue weighted by Crippen LogP contribution is 1.78. The first-order valence-corrected chi connectivity index (χ1v) is 8.19. The maximum Gasteiger partial charge on any atom is 0.314 e. The van der Waals surface area contributed by atoms with Gasteiger partial charge >= 0.3 is 6.03 Å². The molecule has 0 aliphatic rings. The van der Waals surface area contributed by atoms with Crippen LogP contribution in [0, 0.1) is 0 Å². The third kappa shape index (κ3) is 28.1. The fourth-order valence-corrected chi connectivity index (χ4v) is 1.10. The highest BCUT2D eigenvalue weighted by molar-refractivity contribution is 5.73. The molecule has 0 spiro atoms. The van der Waals surface area contributed by atoms with Crippen LogP contribution >= 0.6 is 0 Å². The lowest BCUT2D eigenvalue weighted by molar-refractivity contribution is 0.0506. The summed E-state index contributed by atoms with van der Waals surface area (Å²) in [5.41, 5.74) is 0. The molecule has 2 amide bonds. The van der Waals surface area contributed by atoms with E-state index < -0.39 is 0 Å². The molecule has 0 aromatic heterocycles. The zero-order valence-electron chi connectivity index (χ0n) is 14.9. The summed E-state index contributed by atoms with van der Waals surface area (Å²) in [5, 5.41) is 8.48. The van der Waals surface area contributed by atoms with E-state index in [-0.39, 0.29) is 10.3 Å². The van der Waals surface area contributed by atoms with E-state index in [4.69, 9.17) is 9.47 Å². The van der Waals surface area contributed by atoms with Gasteiger partial charge in [-0.2, -0.15) is 0 Å². The van der Waals surface area contributed by atoms with Crippen LogP contribution in [0.2, 0.25) is 0 Å². The zero-order valence-corrected chi connectivity index (χ0v) is 14.9. The number of rotatable bonds is 11. The standard InChI is InChI=1S/C11H25N3O3.2C2H6.3H2/c1-3-12-5-7-16-9-10-17-8-6-14-11(15)13-4-2;2*1-2;;;/h12H,3-10H2,1-2H3,(H2,13,14,15);2*1-2H3;3*1H. The fraction of sp³-hybridized carbons (Fsp3) is 0.933. The van der Waals surface area contributed by atoms with Crippen molar-refractivity contribution in [3.63, 3.8) is 0 Å². The molecular formula is C15H43N3O3. The van der Waals surface area contributed by atoms with Gasteiger partial charge in [-0.15, -0.1) is 0 Å². The molecule has 0 aromatic carbocycles. The van der Waals surface area contributed by atoms with E-state index >= 15 is 0 Å². The van der Waals surface area contributed by atoms with Gasteiger partial charge in [0.25, 0.3) is 0 Å². The van der Waals surface area contributed by atoms with Crippen molar-refractivity contribution >= 4 is 6.03 Å². The summed E-state index contributed by atoms with van der Waals surface area (Å²) in [4.78, 5) is 11.0. The number of hydrogen-bond donors (Lipinski definition) is 3. The van der Waals surface area contributed by atoms with Gasteiger partial charge in [0, 0.05) is 23.9 Å². The Morgan fingerprint density at radius 1 is 0.810 bits per heavy atom. The summed E-state index contributed by atoms with van der Waals surface area (Å²) >= 11 is 0. The second-order valence-corrected chi connectivity index (χ2v) is 3.36. The van der Waals surface area contributed by atoms with E-state index in [1.165, 1.54) is 0 Å². The molecule has 6 heteroatoms. The lowest BCUT2D eigenvalue weighted by atomic mass is 10.6. The van der Waals surface area contributed by atoms with Crippen LogP contribution in [0.4, 0.5) is 4.79 Å². The van der Waals surface area contributed by atoms with Crippen LogP contribution in [-0.4, -0.2) is 58.6 Å². The molecule has 0 heterocycles. The van der Waals surface area contributed by atoms with Gasteiger partial charge in [-0.3, -0.25) is 0 Å². The van der Waals surface area contributed by atoms with Crippen molar-refractivity contribution in [2.75, 3.05) is 52.6 Å². The summed E-state index contributed by atoms with van der Waals surface area (Å²) in [5.74, 6) is 0. The number of carbonyl (C=O) groups excluding carboxylic acids is 1. The van der Waals surface area contributed by atoms with Crippen LogP contribution in [0.5, 0.6) is 0 Å². The maximum atomic E-state index is 11.0. The van der Waals surface area contributed by atoms with Gasteiger partial charge in [-0.25, -0.2) is 4.79 Å². The Labute approximate surface area is 135 Å². The summed E-state index contributed by atoms with van der Waals surface area (Å²) in [7, 11) is 0. The molecule has 136 valence electrons. The minimum Gasteiger partial charge on any atom is -0.378 e. The number of hydrogen-bond acceptors (Lipinski definition) is 4. The maximum absolute atomic E-state index is 11.0. The zero-order chi connectivity index (χ0) is 16.8. The van der Waals surface area contributed by atoms with E-state index in [2.05, 4.69) is 22.9 Å². The molecule has 21 heavy (non-hydrogen) atoms. The minimum absolute atomic E-state index is 0. The van der Waals surface area contributed by atoms with Crippen molar-refractivity contribution in [3.8, 4) is 0 Å². The molecular weight excluding hydrogens is 270 g/mol. The van der Waals surface area contributed by atoms with Crippen LogP contribution in [-0.2, 0) is 9.47 Å². The van der Waals surface area contributed by atoms with Crippen LogP contribution in [0.1, 0.15) is 45.8 Å². The topological polar surface area (TPSA) is 71.6 Å². The van der Waals surface area contributed by atoms with Crippen molar-refractivity contribution in [1.82, 2.24) is 16.0 Å². The first-order valence-electron chi connectivity index (χ1n) is 8.19. The minimum atomic E-state index is -0.155. The largest absolute Gasteiger partial charge is 0.378 e. The Morgan fingerprint density at radius 2 is 1.33 bits per heavy atom. The average molecular weight is 314 g/mol. The summed E-state index contributed by atoms with van der Waals surface area (Å²) < 4.78 is 10.6. The number of nitrogens with one attached hydrogen (secondary N) is 3. The van der Waals surface area contributed by atoms with Gasteiger partial charge in [0.2, 0.25) is 0 Å². The fourth-order valence-electron chi connectivity index (χ4n) is 1.10. The normalized spacial score (nSPS) is 8.86. The molecule has 0 aliphatic carbocycles. The smallest absolute Gasteiger partial charge is 0.314 e. The Kier molecular flexibility index (Phi) is 32.9. The number of urea groups is 1. The van der Waals surface area contributed by atoms with Crippen molar-refractivity contribution in [1.29, 1.82) is 0 Å².